The highest BCUT2D eigenvalue weighted by Gasteiger charge is 2.16. The zero-order chi connectivity index (χ0) is 19.1. The van der Waals surface area contributed by atoms with Crippen LogP contribution in [0.4, 0.5) is 11.4 Å². The van der Waals surface area contributed by atoms with E-state index in [1.54, 1.807) is 49.5 Å². The quantitative estimate of drug-likeness (QED) is 0.670. The molecule has 0 fully saturated rings. The van der Waals surface area contributed by atoms with Gasteiger partial charge in [-0.25, -0.2) is 0 Å². The van der Waals surface area contributed by atoms with Crippen molar-refractivity contribution in [2.45, 2.75) is 0 Å². The Morgan fingerprint density at radius 2 is 1.54 bits per heavy atom. The molecule has 6 nitrogen and oxygen atoms in total. The molecule has 2 rings (SSSR count). The zero-order valence-electron chi connectivity index (χ0n) is 14.4. The van der Waals surface area contributed by atoms with E-state index in [-0.39, 0.29) is 24.9 Å². The van der Waals surface area contributed by atoms with Crippen molar-refractivity contribution in [3.63, 3.8) is 0 Å². The fraction of sp³-hybridized carbons (Fsp3) is 0.222. The van der Waals surface area contributed by atoms with Crippen LogP contribution in [0.25, 0.3) is 0 Å². The van der Waals surface area contributed by atoms with Crippen LogP contribution in [0.3, 0.4) is 0 Å². The minimum absolute atomic E-state index is 0.115. The lowest BCUT2D eigenvalue weighted by molar-refractivity contribution is -0.862. The van der Waals surface area contributed by atoms with Gasteiger partial charge in [-0.15, -0.1) is 0 Å². The predicted molar refractivity (Wildman–Crippen MR) is 103 cm³/mol. The van der Waals surface area contributed by atoms with Gasteiger partial charge < -0.3 is 20.3 Å². The third kappa shape index (κ3) is 6.22. The van der Waals surface area contributed by atoms with Gasteiger partial charge in [-0.3, -0.25) is 9.59 Å². The molecule has 0 heterocycles. The lowest BCUT2D eigenvalue weighted by Gasteiger charge is -2.15. The Morgan fingerprint density at radius 1 is 0.962 bits per heavy atom. The molecule has 0 aromatic heterocycles. The fourth-order valence-corrected chi connectivity index (χ4v) is 2.62. The molecule has 8 heteroatoms. The van der Waals surface area contributed by atoms with Crippen LogP contribution in [0.5, 0.6) is 5.75 Å². The number of hydrogen-bond donors (Lipinski definition) is 3. The molecule has 1 atom stereocenters. The summed E-state index contributed by atoms with van der Waals surface area (Å²) in [5.74, 6) is 0.0706. The molecule has 2 aromatic rings. The summed E-state index contributed by atoms with van der Waals surface area (Å²) in [6, 6.07) is 11.8. The molecule has 0 saturated carbocycles. The number of halogens is 2. The number of amides is 2. The van der Waals surface area contributed by atoms with E-state index in [1.165, 1.54) is 7.11 Å². The van der Waals surface area contributed by atoms with Crippen LogP contribution in [0.1, 0.15) is 0 Å². The maximum absolute atomic E-state index is 12.2. The van der Waals surface area contributed by atoms with E-state index in [4.69, 9.17) is 27.9 Å². The van der Waals surface area contributed by atoms with E-state index in [0.717, 1.165) is 4.90 Å². The molecule has 2 aromatic carbocycles. The molecular weight excluding hydrogens is 377 g/mol. The molecule has 0 aliphatic carbocycles. The Kier molecular flexibility index (Phi) is 7.26. The molecule has 0 aliphatic rings. The van der Waals surface area contributed by atoms with Crippen molar-refractivity contribution in [1.82, 2.24) is 0 Å². The maximum atomic E-state index is 12.2. The lowest BCUT2D eigenvalue weighted by atomic mass is 10.3. The van der Waals surface area contributed by atoms with Gasteiger partial charge in [-0.1, -0.05) is 23.2 Å². The van der Waals surface area contributed by atoms with E-state index < -0.39 is 0 Å². The highest BCUT2D eigenvalue weighted by molar-refractivity contribution is 6.31. The average Bonchev–Trinajstić information content (AvgIpc) is 2.56. The number of likely N-dealkylation sites (N-methyl/N-ethyl adjacent to an activating group) is 1. The average molecular weight is 397 g/mol. The van der Waals surface area contributed by atoms with Crippen molar-refractivity contribution < 1.29 is 19.2 Å². The molecular formula is C18H20Cl2N3O3+. The number of carbonyl (C=O) groups excluding carboxylic acids is 2. The highest BCUT2D eigenvalue weighted by atomic mass is 35.5. The van der Waals surface area contributed by atoms with Gasteiger partial charge in [-0.05, 0) is 42.5 Å². The van der Waals surface area contributed by atoms with Crippen LogP contribution in [-0.2, 0) is 9.59 Å². The first-order valence-corrected chi connectivity index (χ1v) is 8.63. The number of rotatable bonds is 7. The SMILES string of the molecule is COc1ccc(Cl)cc1NC(=O)C[NH+](C)CC(=O)Nc1ccc(Cl)cc1. The van der Waals surface area contributed by atoms with Gasteiger partial charge in [0, 0.05) is 15.7 Å². The summed E-state index contributed by atoms with van der Waals surface area (Å²) in [6.07, 6.45) is 0. The molecule has 0 aliphatic heterocycles. The smallest absolute Gasteiger partial charge is 0.279 e. The first kappa shape index (κ1) is 20.0. The highest BCUT2D eigenvalue weighted by Crippen LogP contribution is 2.27. The maximum Gasteiger partial charge on any atom is 0.279 e. The van der Waals surface area contributed by atoms with Gasteiger partial charge in [0.2, 0.25) is 0 Å². The summed E-state index contributed by atoms with van der Waals surface area (Å²) in [5, 5.41) is 6.59. The molecule has 2 amide bonds. The van der Waals surface area contributed by atoms with Gasteiger partial charge >= 0.3 is 0 Å². The van der Waals surface area contributed by atoms with Gasteiger partial charge in [0.15, 0.2) is 13.1 Å². The van der Waals surface area contributed by atoms with E-state index in [0.29, 0.717) is 27.2 Å². The van der Waals surface area contributed by atoms with Crippen LogP contribution in [0.2, 0.25) is 10.0 Å². The van der Waals surface area contributed by atoms with Crippen molar-refractivity contribution in [1.29, 1.82) is 0 Å². The summed E-state index contributed by atoms with van der Waals surface area (Å²) in [7, 11) is 3.27. The second-order valence-electron chi connectivity index (χ2n) is 5.76. The lowest BCUT2D eigenvalue weighted by Crippen LogP contribution is -3.11. The molecule has 138 valence electrons. The summed E-state index contributed by atoms with van der Waals surface area (Å²) >= 11 is 11.8. The summed E-state index contributed by atoms with van der Waals surface area (Å²) in [5.41, 5.74) is 1.14. The van der Waals surface area contributed by atoms with Crippen LogP contribution in [0, 0.1) is 0 Å². The van der Waals surface area contributed by atoms with Gasteiger partial charge in [0.05, 0.1) is 19.8 Å². The van der Waals surface area contributed by atoms with Crippen LogP contribution in [-0.4, -0.2) is 39.1 Å². The van der Waals surface area contributed by atoms with Crippen molar-refractivity contribution >= 4 is 46.4 Å². The molecule has 0 spiro atoms. The van der Waals surface area contributed by atoms with Crippen molar-refractivity contribution in [3.8, 4) is 5.75 Å². The Bertz CT molecular complexity index is 782. The first-order valence-electron chi connectivity index (χ1n) is 7.87. The Labute approximate surface area is 162 Å². The molecule has 0 bridgehead atoms. The van der Waals surface area contributed by atoms with Crippen LogP contribution < -0.4 is 20.3 Å². The van der Waals surface area contributed by atoms with Gasteiger partial charge in [0.1, 0.15) is 5.75 Å². The summed E-state index contributed by atoms with van der Waals surface area (Å²) in [4.78, 5) is 25.0. The van der Waals surface area contributed by atoms with Crippen molar-refractivity contribution in [2.24, 2.45) is 0 Å². The molecule has 1 unspecified atom stereocenters. The van der Waals surface area contributed by atoms with Crippen molar-refractivity contribution in [3.05, 3.63) is 52.5 Å². The number of hydrogen-bond acceptors (Lipinski definition) is 3. The molecule has 0 radical (unpaired) electrons. The van der Waals surface area contributed by atoms with Crippen LogP contribution >= 0.6 is 23.2 Å². The third-order valence-electron chi connectivity index (χ3n) is 3.49. The number of carbonyl (C=O) groups is 2. The standard InChI is InChI=1S/C18H19Cl2N3O3/c1-23(10-17(24)21-14-6-3-12(19)4-7-14)11-18(25)22-15-9-13(20)5-8-16(15)26-2/h3-9H,10-11H2,1-2H3,(H,21,24)(H,22,25)/p+1. The Balaban J connectivity index is 1.86. The molecule has 0 saturated heterocycles. The van der Waals surface area contributed by atoms with E-state index in [9.17, 15) is 9.59 Å². The monoisotopic (exact) mass is 396 g/mol. The number of ether oxygens (including phenoxy) is 1. The van der Waals surface area contributed by atoms with Crippen LogP contribution in [0.15, 0.2) is 42.5 Å². The molecule has 26 heavy (non-hydrogen) atoms. The number of anilines is 2. The Hall–Kier alpha value is -2.28. The molecule has 3 N–H and O–H groups in total. The Morgan fingerprint density at radius 3 is 2.15 bits per heavy atom. The third-order valence-corrected chi connectivity index (χ3v) is 3.98. The number of benzene rings is 2. The van der Waals surface area contributed by atoms with Crippen molar-refractivity contribution in [2.75, 3.05) is 37.9 Å². The van der Waals surface area contributed by atoms with E-state index >= 15 is 0 Å². The van der Waals surface area contributed by atoms with Gasteiger partial charge in [-0.2, -0.15) is 0 Å². The first-order chi connectivity index (χ1) is 12.4. The second-order valence-corrected chi connectivity index (χ2v) is 6.63. The predicted octanol–water partition coefficient (Wildman–Crippen LogP) is 2.09. The number of nitrogens with one attached hydrogen (secondary N) is 3. The minimum atomic E-state index is -0.248. The number of methoxy groups -OCH3 is 1. The minimum Gasteiger partial charge on any atom is -0.495 e. The van der Waals surface area contributed by atoms with Gasteiger partial charge in [0.25, 0.3) is 11.8 Å². The normalized spacial score (nSPS) is 11.5. The van der Waals surface area contributed by atoms with E-state index in [1.807, 2.05) is 0 Å². The van der Waals surface area contributed by atoms with E-state index in [2.05, 4.69) is 10.6 Å². The summed E-state index contributed by atoms with van der Waals surface area (Å²) < 4.78 is 5.19. The fourth-order valence-electron chi connectivity index (χ4n) is 2.32. The number of quaternary nitrogens is 1. The summed E-state index contributed by atoms with van der Waals surface area (Å²) in [6.45, 7) is 0.256. The topological polar surface area (TPSA) is 71.9 Å². The zero-order valence-corrected chi connectivity index (χ0v) is 15.9. The largest absolute Gasteiger partial charge is 0.495 e. The second kappa shape index (κ2) is 9.43.